The van der Waals surface area contributed by atoms with Gasteiger partial charge in [-0.05, 0) is 43.9 Å². The zero-order valence-corrected chi connectivity index (χ0v) is 12.5. The van der Waals surface area contributed by atoms with E-state index in [1.54, 1.807) is 13.0 Å². The molecule has 0 bridgehead atoms. The molecule has 114 valence electrons. The van der Waals surface area contributed by atoms with Crippen molar-refractivity contribution in [2.24, 2.45) is 0 Å². The monoisotopic (exact) mass is 290 g/mol. The molecule has 1 atom stereocenters. The highest BCUT2D eigenvalue weighted by Crippen LogP contribution is 2.26. The minimum absolute atomic E-state index is 0.311. The first-order valence-corrected chi connectivity index (χ1v) is 7.39. The van der Waals surface area contributed by atoms with E-state index in [9.17, 15) is 14.7 Å². The van der Waals surface area contributed by atoms with Crippen molar-refractivity contribution < 1.29 is 14.7 Å². The molecule has 0 fully saturated rings. The van der Waals surface area contributed by atoms with Gasteiger partial charge in [0.1, 0.15) is 5.54 Å². The Morgan fingerprint density at radius 2 is 2.19 bits per heavy atom. The van der Waals surface area contributed by atoms with Crippen LogP contribution in [0.15, 0.2) is 18.2 Å². The summed E-state index contributed by atoms with van der Waals surface area (Å²) in [7, 11) is 0. The molecule has 5 nitrogen and oxygen atoms in total. The molecule has 1 aliphatic rings. The molecule has 0 aliphatic carbocycles. The molecule has 21 heavy (non-hydrogen) atoms. The number of fused-ring (bicyclic) bond motifs is 1. The van der Waals surface area contributed by atoms with Crippen LogP contribution in [0.4, 0.5) is 5.69 Å². The number of anilines is 1. The summed E-state index contributed by atoms with van der Waals surface area (Å²) in [6, 6.07) is 5.53. The Kier molecular flexibility index (Phi) is 4.50. The topological polar surface area (TPSA) is 78.4 Å². The average molecular weight is 290 g/mol. The molecule has 1 amide bonds. The number of hydrogen-bond donors (Lipinski definition) is 3. The van der Waals surface area contributed by atoms with Crippen LogP contribution in [0.3, 0.4) is 0 Å². The van der Waals surface area contributed by atoms with E-state index in [0.29, 0.717) is 18.4 Å². The first kappa shape index (κ1) is 15.4. The van der Waals surface area contributed by atoms with Crippen LogP contribution in [-0.4, -0.2) is 29.1 Å². The van der Waals surface area contributed by atoms with Crippen molar-refractivity contribution in [1.82, 2.24) is 5.32 Å². The van der Waals surface area contributed by atoms with Gasteiger partial charge in [0.2, 0.25) is 0 Å². The minimum atomic E-state index is -1.23. The lowest BCUT2D eigenvalue weighted by atomic mass is 9.93. The fraction of sp³-hybridized carbons (Fsp3) is 0.500. The lowest BCUT2D eigenvalue weighted by Gasteiger charge is -2.27. The second-order valence-corrected chi connectivity index (χ2v) is 5.70. The summed E-state index contributed by atoms with van der Waals surface area (Å²) in [5, 5.41) is 15.3. The van der Waals surface area contributed by atoms with Crippen molar-refractivity contribution in [2.75, 3.05) is 11.9 Å². The van der Waals surface area contributed by atoms with E-state index < -0.39 is 11.5 Å². The summed E-state index contributed by atoms with van der Waals surface area (Å²) < 4.78 is 0. The molecule has 0 saturated heterocycles. The third-order valence-electron chi connectivity index (χ3n) is 3.95. The molecule has 1 aliphatic heterocycles. The van der Waals surface area contributed by atoms with Gasteiger partial charge in [-0.3, -0.25) is 4.79 Å². The van der Waals surface area contributed by atoms with Gasteiger partial charge in [0.25, 0.3) is 5.91 Å². The van der Waals surface area contributed by atoms with Gasteiger partial charge < -0.3 is 15.7 Å². The molecule has 2 rings (SSSR count). The second kappa shape index (κ2) is 6.16. The third-order valence-corrected chi connectivity index (χ3v) is 3.95. The molecule has 0 radical (unpaired) electrons. The molecule has 1 heterocycles. The first-order valence-electron chi connectivity index (χ1n) is 7.39. The third kappa shape index (κ3) is 3.17. The van der Waals surface area contributed by atoms with Crippen molar-refractivity contribution >= 4 is 17.6 Å². The summed E-state index contributed by atoms with van der Waals surface area (Å²) in [5.74, 6) is -1.31. The maximum absolute atomic E-state index is 12.5. The SMILES string of the molecule is CCCC(C)(NC(=O)c1cccc2c1CCCN2)C(=O)O. The van der Waals surface area contributed by atoms with Gasteiger partial charge >= 0.3 is 5.97 Å². The fourth-order valence-corrected chi connectivity index (χ4v) is 2.76. The van der Waals surface area contributed by atoms with Gasteiger partial charge in [-0.1, -0.05) is 19.4 Å². The summed E-state index contributed by atoms with van der Waals surface area (Å²) in [6.45, 7) is 4.37. The standard InChI is InChI=1S/C16H22N2O3/c1-3-9-16(2,15(20)21)18-14(19)12-6-4-8-13-11(12)7-5-10-17-13/h4,6,8,17H,3,5,7,9-10H2,1-2H3,(H,18,19)(H,20,21). The highest BCUT2D eigenvalue weighted by atomic mass is 16.4. The molecular formula is C16H22N2O3. The van der Waals surface area contributed by atoms with Crippen LogP contribution >= 0.6 is 0 Å². The number of amides is 1. The second-order valence-electron chi connectivity index (χ2n) is 5.70. The van der Waals surface area contributed by atoms with Crippen molar-refractivity contribution in [3.63, 3.8) is 0 Å². The molecule has 1 aromatic carbocycles. The van der Waals surface area contributed by atoms with Crippen LogP contribution in [0, 0.1) is 0 Å². The lowest BCUT2D eigenvalue weighted by Crippen LogP contribution is -2.52. The van der Waals surface area contributed by atoms with E-state index in [4.69, 9.17) is 0 Å². The summed E-state index contributed by atoms with van der Waals surface area (Å²) in [5.41, 5.74) is 1.30. The lowest BCUT2D eigenvalue weighted by molar-refractivity contribution is -0.144. The predicted octanol–water partition coefficient (Wildman–Crippen LogP) is 2.42. The Morgan fingerprint density at radius 1 is 1.43 bits per heavy atom. The van der Waals surface area contributed by atoms with Crippen molar-refractivity contribution in [2.45, 2.75) is 45.1 Å². The number of nitrogens with one attached hydrogen (secondary N) is 2. The van der Waals surface area contributed by atoms with Crippen LogP contribution in [0.2, 0.25) is 0 Å². The number of rotatable bonds is 5. The predicted molar refractivity (Wildman–Crippen MR) is 81.7 cm³/mol. The Bertz CT molecular complexity index is 556. The number of hydrogen-bond acceptors (Lipinski definition) is 3. The van der Waals surface area contributed by atoms with E-state index in [1.807, 2.05) is 19.1 Å². The maximum Gasteiger partial charge on any atom is 0.329 e. The highest BCUT2D eigenvalue weighted by Gasteiger charge is 2.34. The van der Waals surface area contributed by atoms with Crippen LogP contribution in [-0.2, 0) is 11.2 Å². The zero-order valence-electron chi connectivity index (χ0n) is 12.5. The van der Waals surface area contributed by atoms with Crippen molar-refractivity contribution in [3.05, 3.63) is 29.3 Å². The van der Waals surface area contributed by atoms with Gasteiger partial charge in [0.15, 0.2) is 0 Å². The summed E-state index contributed by atoms with van der Waals surface area (Å²) >= 11 is 0. The number of carbonyl (C=O) groups excluding carboxylic acids is 1. The van der Waals surface area contributed by atoms with Crippen LogP contribution in [0.1, 0.15) is 49.0 Å². The van der Waals surface area contributed by atoms with Gasteiger partial charge in [0.05, 0.1) is 0 Å². The number of benzene rings is 1. The van der Waals surface area contributed by atoms with Crippen LogP contribution in [0.25, 0.3) is 0 Å². The quantitative estimate of drug-likeness (QED) is 0.778. The molecule has 0 spiro atoms. The zero-order chi connectivity index (χ0) is 15.5. The minimum Gasteiger partial charge on any atom is -0.480 e. The summed E-state index contributed by atoms with van der Waals surface area (Å²) in [4.78, 5) is 23.9. The van der Waals surface area contributed by atoms with Gasteiger partial charge in [0, 0.05) is 17.8 Å². The molecule has 0 aromatic heterocycles. The van der Waals surface area contributed by atoms with Crippen LogP contribution < -0.4 is 10.6 Å². The van der Waals surface area contributed by atoms with Crippen molar-refractivity contribution in [3.8, 4) is 0 Å². The van der Waals surface area contributed by atoms with Gasteiger partial charge in [-0.15, -0.1) is 0 Å². The Morgan fingerprint density at radius 3 is 2.86 bits per heavy atom. The Hall–Kier alpha value is -2.04. The van der Waals surface area contributed by atoms with Gasteiger partial charge in [-0.25, -0.2) is 4.79 Å². The number of aliphatic carboxylic acids is 1. The number of carboxylic acids is 1. The van der Waals surface area contributed by atoms with Crippen LogP contribution in [0.5, 0.6) is 0 Å². The maximum atomic E-state index is 12.5. The Balaban J connectivity index is 2.26. The number of carboxylic acid groups (broad SMARTS) is 1. The number of carbonyl (C=O) groups is 2. The molecular weight excluding hydrogens is 268 g/mol. The fourth-order valence-electron chi connectivity index (χ4n) is 2.76. The molecule has 1 unspecified atom stereocenters. The van der Waals surface area contributed by atoms with E-state index in [2.05, 4.69) is 10.6 Å². The van der Waals surface area contributed by atoms with Crippen molar-refractivity contribution in [1.29, 1.82) is 0 Å². The normalized spacial score (nSPS) is 16.3. The van der Waals surface area contributed by atoms with E-state index >= 15 is 0 Å². The highest BCUT2D eigenvalue weighted by molar-refractivity contribution is 6.00. The van der Waals surface area contributed by atoms with E-state index in [-0.39, 0.29) is 5.91 Å². The summed E-state index contributed by atoms with van der Waals surface area (Å²) in [6.07, 6.45) is 2.91. The molecule has 3 N–H and O–H groups in total. The Labute approximate surface area is 124 Å². The van der Waals surface area contributed by atoms with E-state index in [1.165, 1.54) is 0 Å². The van der Waals surface area contributed by atoms with Gasteiger partial charge in [-0.2, -0.15) is 0 Å². The molecule has 5 heteroatoms. The molecule has 0 saturated carbocycles. The van der Waals surface area contributed by atoms with E-state index in [0.717, 1.165) is 30.6 Å². The largest absolute Gasteiger partial charge is 0.480 e. The molecule has 1 aromatic rings. The first-order chi connectivity index (χ1) is 9.98. The average Bonchev–Trinajstić information content (AvgIpc) is 2.46. The smallest absolute Gasteiger partial charge is 0.329 e.